The molecule has 36 heavy (non-hydrogen) atoms. The second-order valence-corrected chi connectivity index (χ2v) is 12.1. The molecule has 4 bridgehead atoms. The van der Waals surface area contributed by atoms with Crippen molar-refractivity contribution in [2.45, 2.75) is 44.5 Å². The van der Waals surface area contributed by atoms with Gasteiger partial charge in [-0.1, -0.05) is 73.2 Å². The lowest BCUT2D eigenvalue weighted by molar-refractivity contribution is -0.259. The first-order valence-corrected chi connectivity index (χ1v) is 13.4. The molecule has 2 fully saturated rings. The van der Waals surface area contributed by atoms with Gasteiger partial charge in [0.15, 0.2) is 0 Å². The highest BCUT2D eigenvalue weighted by molar-refractivity contribution is 7.86. The Morgan fingerprint density at radius 2 is 1.75 bits per heavy atom. The molecule has 1 saturated carbocycles. The van der Waals surface area contributed by atoms with Gasteiger partial charge in [0.05, 0.1) is 24.0 Å². The maximum atomic E-state index is 14.4. The number of allylic oxidation sites excluding steroid dienone is 3. The molecule has 0 amide bonds. The number of hydrogen-bond acceptors (Lipinski definition) is 6. The van der Waals surface area contributed by atoms with Gasteiger partial charge in [-0.15, -0.1) is 0 Å². The van der Waals surface area contributed by atoms with Gasteiger partial charge < -0.3 is 13.7 Å². The van der Waals surface area contributed by atoms with Gasteiger partial charge in [0, 0.05) is 5.41 Å². The number of benzene rings is 2. The highest BCUT2D eigenvalue weighted by atomic mass is 32.2. The first kappa shape index (κ1) is 23.4. The van der Waals surface area contributed by atoms with Gasteiger partial charge in [-0.2, -0.15) is 8.42 Å². The number of carbonyl (C=O) groups excluding carboxylic acids is 1. The summed E-state index contributed by atoms with van der Waals surface area (Å²) in [4.78, 5) is 14.4. The zero-order chi connectivity index (χ0) is 25.6. The Hall–Kier alpha value is -3.00. The van der Waals surface area contributed by atoms with E-state index >= 15 is 0 Å². The van der Waals surface area contributed by atoms with Crippen molar-refractivity contribution in [2.75, 3.05) is 6.61 Å². The molecule has 1 saturated heterocycles. The number of hydrogen-bond donors (Lipinski definition) is 0. The normalized spacial score (nSPS) is 34.4. The van der Waals surface area contributed by atoms with Crippen molar-refractivity contribution >= 4 is 15.9 Å². The Kier molecular flexibility index (Phi) is 4.73. The number of aryl methyl sites for hydroxylation is 1. The molecule has 4 unspecified atom stereocenters. The van der Waals surface area contributed by atoms with Crippen LogP contribution in [0.5, 0.6) is 0 Å². The van der Waals surface area contributed by atoms with E-state index in [1.807, 2.05) is 57.2 Å². The minimum atomic E-state index is -4.18. The fourth-order valence-electron chi connectivity index (χ4n) is 6.49. The summed E-state index contributed by atoms with van der Waals surface area (Å²) in [5, 5.41) is 0. The van der Waals surface area contributed by atoms with Crippen LogP contribution in [0.2, 0.25) is 0 Å². The summed E-state index contributed by atoms with van der Waals surface area (Å²) in [5.74, 6) is -1.83. The molecule has 1 heterocycles. The second-order valence-electron chi connectivity index (χ2n) is 10.6. The third kappa shape index (κ3) is 2.63. The van der Waals surface area contributed by atoms with Crippen molar-refractivity contribution in [3.63, 3.8) is 0 Å². The van der Waals surface area contributed by atoms with Crippen LogP contribution in [-0.2, 0) is 35.2 Å². The monoisotopic (exact) mass is 504 g/mol. The molecule has 1 aliphatic heterocycles. The van der Waals surface area contributed by atoms with Crippen LogP contribution in [0, 0.1) is 23.2 Å². The SMILES string of the molecule is C=C1CC=C2C13C=C(OS(=O)(=O)c1ccc(C)cc1)C1(C)C2(C)COC1(OCc1ccccc1)C3=O. The summed E-state index contributed by atoms with van der Waals surface area (Å²) in [5.41, 5.74) is 0.195. The van der Waals surface area contributed by atoms with E-state index in [1.165, 1.54) is 12.1 Å². The van der Waals surface area contributed by atoms with Gasteiger partial charge in [-0.25, -0.2) is 0 Å². The number of rotatable bonds is 6. The molecule has 6 nitrogen and oxygen atoms in total. The van der Waals surface area contributed by atoms with E-state index in [-0.39, 0.29) is 29.7 Å². The van der Waals surface area contributed by atoms with E-state index in [9.17, 15) is 13.2 Å². The van der Waals surface area contributed by atoms with Crippen LogP contribution in [0.1, 0.15) is 31.4 Å². The van der Waals surface area contributed by atoms with Gasteiger partial charge in [-0.3, -0.25) is 4.79 Å². The van der Waals surface area contributed by atoms with Crippen molar-refractivity contribution in [3.8, 4) is 0 Å². The van der Waals surface area contributed by atoms with Gasteiger partial charge in [0.25, 0.3) is 0 Å². The molecule has 1 spiro atoms. The molecule has 0 N–H and O–H groups in total. The van der Waals surface area contributed by atoms with Crippen molar-refractivity contribution < 1.29 is 26.9 Å². The zero-order valence-corrected chi connectivity index (χ0v) is 21.4. The summed E-state index contributed by atoms with van der Waals surface area (Å²) in [6.07, 6.45) is 4.22. The lowest BCUT2D eigenvalue weighted by Gasteiger charge is -2.60. The Morgan fingerprint density at radius 1 is 1.06 bits per heavy atom. The van der Waals surface area contributed by atoms with E-state index in [1.54, 1.807) is 18.2 Å². The summed E-state index contributed by atoms with van der Waals surface area (Å²) in [6.45, 7) is 10.2. The second kappa shape index (κ2) is 7.28. The average Bonchev–Trinajstić information content (AvgIpc) is 3.29. The first-order valence-electron chi connectivity index (χ1n) is 12.0. The third-order valence-electron chi connectivity index (χ3n) is 8.75. The fraction of sp³-hybridized carbons (Fsp3) is 0.345. The number of ether oxygens (including phenoxy) is 2. The Labute approximate surface area is 211 Å². The Balaban J connectivity index is 1.51. The van der Waals surface area contributed by atoms with Gasteiger partial charge in [0.2, 0.25) is 11.6 Å². The molecule has 7 rings (SSSR count). The van der Waals surface area contributed by atoms with E-state index in [0.29, 0.717) is 12.0 Å². The summed E-state index contributed by atoms with van der Waals surface area (Å²) < 4.78 is 45.5. The van der Waals surface area contributed by atoms with Crippen LogP contribution in [0.25, 0.3) is 0 Å². The molecule has 0 aromatic heterocycles. The smallest absolute Gasteiger partial charge is 0.338 e. The lowest BCUT2D eigenvalue weighted by atomic mass is 9.42. The van der Waals surface area contributed by atoms with Crippen molar-refractivity contribution in [1.29, 1.82) is 0 Å². The van der Waals surface area contributed by atoms with E-state index < -0.39 is 32.2 Å². The van der Waals surface area contributed by atoms with E-state index in [4.69, 9.17) is 13.7 Å². The van der Waals surface area contributed by atoms with Crippen LogP contribution < -0.4 is 0 Å². The maximum Gasteiger partial charge on any atom is 0.338 e. The zero-order valence-electron chi connectivity index (χ0n) is 20.5. The molecule has 4 aliphatic carbocycles. The van der Waals surface area contributed by atoms with Crippen LogP contribution in [0.4, 0.5) is 0 Å². The van der Waals surface area contributed by atoms with Crippen LogP contribution in [0.15, 0.2) is 95.1 Å². The summed E-state index contributed by atoms with van der Waals surface area (Å²) in [6, 6.07) is 16.0. The van der Waals surface area contributed by atoms with Crippen LogP contribution in [0.3, 0.4) is 0 Å². The maximum absolute atomic E-state index is 14.4. The number of carbonyl (C=O) groups is 1. The number of Topliss-reactive ketones (excluding diaryl/α,β-unsaturated/α-hetero) is 1. The largest absolute Gasteiger partial charge is 0.383 e. The Bertz CT molecular complexity index is 1470. The molecule has 0 radical (unpaired) electrons. The van der Waals surface area contributed by atoms with Gasteiger partial charge in [0.1, 0.15) is 10.7 Å². The summed E-state index contributed by atoms with van der Waals surface area (Å²) in [7, 11) is -4.18. The Morgan fingerprint density at radius 3 is 2.44 bits per heavy atom. The molecule has 186 valence electrons. The van der Waals surface area contributed by atoms with Crippen molar-refractivity contribution in [3.05, 3.63) is 101 Å². The topological polar surface area (TPSA) is 78.9 Å². The van der Waals surface area contributed by atoms with E-state index in [0.717, 1.165) is 16.7 Å². The minimum Gasteiger partial charge on any atom is -0.383 e. The van der Waals surface area contributed by atoms with Gasteiger partial charge >= 0.3 is 10.1 Å². The van der Waals surface area contributed by atoms with E-state index in [2.05, 4.69) is 6.58 Å². The molecule has 7 heteroatoms. The lowest BCUT2D eigenvalue weighted by Crippen LogP contribution is -2.70. The molecule has 2 aromatic rings. The molecular formula is C29H28O6S. The van der Waals surface area contributed by atoms with Crippen molar-refractivity contribution in [2.24, 2.45) is 16.2 Å². The molecule has 2 aromatic carbocycles. The third-order valence-corrected chi connectivity index (χ3v) is 10.00. The average molecular weight is 505 g/mol. The highest BCUT2D eigenvalue weighted by Crippen LogP contribution is 2.77. The predicted molar refractivity (Wildman–Crippen MR) is 133 cm³/mol. The quantitative estimate of drug-likeness (QED) is 0.407. The van der Waals surface area contributed by atoms with Crippen LogP contribution in [-0.4, -0.2) is 26.6 Å². The summed E-state index contributed by atoms with van der Waals surface area (Å²) >= 11 is 0. The minimum absolute atomic E-state index is 0.0431. The molecule has 5 aliphatic rings. The van der Waals surface area contributed by atoms with Gasteiger partial charge in [-0.05, 0) is 49.6 Å². The molecule has 4 atom stereocenters. The number of ketones is 1. The predicted octanol–water partition coefficient (Wildman–Crippen LogP) is 5.01. The first-order chi connectivity index (χ1) is 17.0. The van der Waals surface area contributed by atoms with Crippen molar-refractivity contribution in [1.82, 2.24) is 0 Å². The highest BCUT2D eigenvalue weighted by Gasteiger charge is 2.84. The van der Waals surface area contributed by atoms with Crippen LogP contribution >= 0.6 is 0 Å². The molecular weight excluding hydrogens is 476 g/mol. The fourth-order valence-corrected chi connectivity index (χ4v) is 7.50. The standard InChI is InChI=1S/C29H28O6S/c1-19-10-13-22(14-11-19)36(31,32)35-24-16-28-20(2)12-15-23(28)26(3)18-34-29(25(28)30,27(24,26)4)33-17-21-8-6-5-7-9-21/h5-11,13-16H,2,12,17-18H2,1,3-4H3.